The third kappa shape index (κ3) is 4.65. The molecule has 2 bridgehead atoms. The number of hydrogen-bond acceptors (Lipinski definition) is 6. The van der Waals surface area contributed by atoms with Gasteiger partial charge in [0.1, 0.15) is 25.1 Å². The van der Waals surface area contributed by atoms with E-state index in [2.05, 4.69) is 32.4 Å². The van der Waals surface area contributed by atoms with Gasteiger partial charge in [0.05, 0.1) is 13.1 Å². The second-order valence-electron chi connectivity index (χ2n) is 9.96. The van der Waals surface area contributed by atoms with E-state index in [1.165, 1.54) is 23.8 Å². The summed E-state index contributed by atoms with van der Waals surface area (Å²) in [6.45, 7) is 2.81. The van der Waals surface area contributed by atoms with Gasteiger partial charge in [-0.1, -0.05) is 48.5 Å². The lowest BCUT2D eigenvalue weighted by molar-refractivity contribution is -0.938. The van der Waals surface area contributed by atoms with Crippen molar-refractivity contribution in [2.45, 2.75) is 31.3 Å². The minimum absolute atomic E-state index is 0. The summed E-state index contributed by atoms with van der Waals surface area (Å²) in [5.74, 6) is -0.118. The fourth-order valence-corrected chi connectivity index (χ4v) is 6.15. The van der Waals surface area contributed by atoms with Gasteiger partial charge in [0, 0.05) is 18.8 Å². The van der Waals surface area contributed by atoms with E-state index in [9.17, 15) is 9.59 Å². The van der Waals surface area contributed by atoms with Crippen LogP contribution < -0.4 is 22.3 Å². The number of piperidine rings is 3. The lowest BCUT2D eigenvalue weighted by Gasteiger charge is -2.51. The number of hydrogen-bond donors (Lipinski definition) is 1. The number of quaternary nitrogens is 1. The van der Waals surface area contributed by atoms with E-state index in [1.54, 1.807) is 0 Å². The lowest BCUT2D eigenvalue weighted by Crippen LogP contribution is -3.00. The van der Waals surface area contributed by atoms with E-state index < -0.39 is 5.92 Å². The molecule has 186 valence electrons. The highest BCUT2D eigenvalue weighted by atomic mass is 79.9. The number of halogens is 1. The van der Waals surface area contributed by atoms with Crippen LogP contribution in [0.5, 0.6) is 0 Å². The third-order valence-electron chi connectivity index (χ3n) is 7.88. The van der Waals surface area contributed by atoms with Gasteiger partial charge in [-0.25, -0.2) is 15.0 Å². The molecule has 0 radical (unpaired) electrons. The van der Waals surface area contributed by atoms with Crippen molar-refractivity contribution in [3.63, 3.8) is 0 Å². The van der Waals surface area contributed by atoms with Crippen LogP contribution in [0.3, 0.4) is 0 Å². The summed E-state index contributed by atoms with van der Waals surface area (Å²) in [6.07, 6.45) is 5.27. The quantitative estimate of drug-likeness (QED) is 0.347. The maximum atomic E-state index is 13.7. The number of ether oxygens (including phenoxy) is 1. The number of fused-ring (bicyclic) bond motifs is 5. The van der Waals surface area contributed by atoms with Crippen molar-refractivity contribution in [2.24, 2.45) is 5.92 Å². The molecule has 8 nitrogen and oxygen atoms in total. The second kappa shape index (κ2) is 10.1. The highest BCUT2D eigenvalue weighted by Crippen LogP contribution is 2.40. The Hall–Kier alpha value is -3.17. The van der Waals surface area contributed by atoms with Crippen LogP contribution in [-0.4, -0.2) is 63.6 Å². The fourth-order valence-electron chi connectivity index (χ4n) is 6.15. The third-order valence-corrected chi connectivity index (χ3v) is 7.88. The van der Waals surface area contributed by atoms with Crippen molar-refractivity contribution in [1.29, 1.82) is 0 Å². The molecule has 1 aliphatic carbocycles. The number of anilines is 1. The molecule has 0 unspecified atom stereocenters. The van der Waals surface area contributed by atoms with Crippen molar-refractivity contribution in [3.05, 3.63) is 83.4 Å². The van der Waals surface area contributed by atoms with Crippen LogP contribution in [0.25, 0.3) is 0 Å². The standard InChI is InChI=1S/C27H27N5O3.BrH/c33-24(31-27-29-16-28-17-30-27)15-32-11-9-18(10-12-32)23(14-32)35-26(34)25-21-7-3-1-5-19(21)13-20-6-2-4-8-22(20)25;/h1-8,16-18,23,25H,9-15H2;1H/t18?,23-,32?;/m0./s1. The van der Waals surface area contributed by atoms with E-state index in [-0.39, 0.29) is 40.9 Å². The Balaban J connectivity index is 0.00000267. The summed E-state index contributed by atoms with van der Waals surface area (Å²) >= 11 is 0. The zero-order valence-corrected chi connectivity index (χ0v) is 21.4. The van der Waals surface area contributed by atoms with Gasteiger partial charge in [0.15, 0.2) is 12.6 Å². The number of esters is 1. The van der Waals surface area contributed by atoms with E-state index in [1.807, 2.05) is 36.4 Å². The number of carbonyl (C=O) groups excluding carboxylic acids is 2. The Morgan fingerprint density at radius 2 is 1.56 bits per heavy atom. The minimum atomic E-state index is -0.410. The molecule has 9 heteroatoms. The molecular weight excluding hydrogens is 522 g/mol. The number of aromatic nitrogens is 3. The highest BCUT2D eigenvalue weighted by molar-refractivity contribution is 5.89. The number of nitrogens with one attached hydrogen (secondary N) is 1. The number of nitrogens with zero attached hydrogens (tertiary/aromatic N) is 4. The minimum Gasteiger partial charge on any atom is -1.00 e. The Morgan fingerprint density at radius 3 is 2.19 bits per heavy atom. The van der Waals surface area contributed by atoms with E-state index in [0.717, 1.165) is 43.5 Å². The average Bonchev–Trinajstić information content (AvgIpc) is 2.88. The lowest BCUT2D eigenvalue weighted by atomic mass is 9.78. The molecule has 4 aliphatic rings. The van der Waals surface area contributed by atoms with Crippen molar-refractivity contribution in [3.8, 4) is 0 Å². The molecule has 0 spiro atoms. The van der Waals surface area contributed by atoms with E-state index in [0.29, 0.717) is 23.5 Å². The molecule has 3 aliphatic heterocycles. The molecule has 1 N–H and O–H groups in total. The van der Waals surface area contributed by atoms with Gasteiger partial charge in [0.25, 0.3) is 5.91 Å². The SMILES string of the molecule is O=C(C[N+]12CCC(CC1)[C@@H](OC(=O)C1c3ccccc3Cc3ccccc31)C2)Nc1ncncn1.[Br-]. The largest absolute Gasteiger partial charge is 1.00 e. The topological polar surface area (TPSA) is 94.1 Å². The van der Waals surface area contributed by atoms with Crippen LogP contribution in [-0.2, 0) is 20.7 Å². The number of carbonyl (C=O) groups is 2. The average molecular weight is 550 g/mol. The second-order valence-corrected chi connectivity index (χ2v) is 9.96. The molecule has 2 aromatic carbocycles. The van der Waals surface area contributed by atoms with Crippen LogP contribution in [0.15, 0.2) is 61.2 Å². The molecular formula is C27H28BrN5O3. The summed E-state index contributed by atoms with van der Waals surface area (Å²) in [5, 5.41) is 2.77. The maximum Gasteiger partial charge on any atom is 0.318 e. The molecule has 3 saturated heterocycles. The van der Waals surface area contributed by atoms with Gasteiger partial charge in [0.2, 0.25) is 5.95 Å². The molecule has 3 aromatic rings. The molecule has 1 aromatic heterocycles. The molecule has 0 saturated carbocycles. The number of rotatable bonds is 5. The molecule has 3 fully saturated rings. The molecule has 7 rings (SSSR count). The van der Waals surface area contributed by atoms with Gasteiger partial charge in [-0.05, 0) is 28.7 Å². The van der Waals surface area contributed by atoms with Crippen LogP contribution in [0.1, 0.15) is 41.0 Å². The van der Waals surface area contributed by atoms with Gasteiger partial charge < -0.3 is 26.2 Å². The summed E-state index contributed by atoms with van der Waals surface area (Å²) in [5.41, 5.74) is 4.44. The number of amides is 1. The van der Waals surface area contributed by atoms with Crippen molar-refractivity contribution in [1.82, 2.24) is 15.0 Å². The zero-order chi connectivity index (χ0) is 23.8. The first-order valence-corrected chi connectivity index (χ1v) is 12.2. The molecule has 4 heterocycles. The Morgan fingerprint density at radius 1 is 0.944 bits per heavy atom. The maximum absolute atomic E-state index is 13.7. The van der Waals surface area contributed by atoms with Crippen LogP contribution in [0, 0.1) is 5.92 Å². The van der Waals surface area contributed by atoms with Crippen LogP contribution >= 0.6 is 0 Å². The fraction of sp³-hybridized carbons (Fsp3) is 0.370. The van der Waals surface area contributed by atoms with Crippen LogP contribution in [0.2, 0.25) is 0 Å². The smallest absolute Gasteiger partial charge is 0.318 e. The Labute approximate surface area is 220 Å². The van der Waals surface area contributed by atoms with E-state index >= 15 is 0 Å². The van der Waals surface area contributed by atoms with Crippen molar-refractivity contribution < 1.29 is 35.8 Å². The highest BCUT2D eigenvalue weighted by Gasteiger charge is 2.49. The van der Waals surface area contributed by atoms with Gasteiger partial charge in [-0.3, -0.25) is 14.9 Å². The monoisotopic (exact) mass is 549 g/mol. The first kappa shape index (κ1) is 24.5. The summed E-state index contributed by atoms with van der Waals surface area (Å²) in [7, 11) is 0. The first-order chi connectivity index (χ1) is 17.1. The first-order valence-electron chi connectivity index (χ1n) is 12.2. The summed E-state index contributed by atoms with van der Waals surface area (Å²) in [4.78, 5) is 38.2. The predicted octanol–water partition coefficient (Wildman–Crippen LogP) is -0.297. The molecule has 1 amide bonds. The van der Waals surface area contributed by atoms with Gasteiger partial charge in [-0.2, -0.15) is 0 Å². The predicted molar refractivity (Wildman–Crippen MR) is 128 cm³/mol. The van der Waals surface area contributed by atoms with Gasteiger partial charge in [-0.15, -0.1) is 0 Å². The Bertz CT molecular complexity index is 1220. The van der Waals surface area contributed by atoms with Crippen molar-refractivity contribution in [2.75, 3.05) is 31.5 Å². The normalized spacial score (nSPS) is 24.1. The van der Waals surface area contributed by atoms with Gasteiger partial charge >= 0.3 is 5.97 Å². The zero-order valence-electron chi connectivity index (χ0n) is 19.8. The molecule has 1 atom stereocenters. The summed E-state index contributed by atoms with van der Waals surface area (Å²) < 4.78 is 6.91. The summed E-state index contributed by atoms with van der Waals surface area (Å²) in [6, 6.07) is 16.3. The van der Waals surface area contributed by atoms with E-state index in [4.69, 9.17) is 4.74 Å². The molecule has 36 heavy (non-hydrogen) atoms. The van der Waals surface area contributed by atoms with Crippen molar-refractivity contribution >= 4 is 17.8 Å². The van der Waals surface area contributed by atoms with Crippen LogP contribution in [0.4, 0.5) is 5.95 Å². The Kier molecular flexibility index (Phi) is 6.85. The number of benzene rings is 2.